The first-order chi connectivity index (χ1) is 21.1. The Bertz CT molecular complexity index is 1570. The minimum atomic E-state index is -5.08. The van der Waals surface area contributed by atoms with E-state index >= 15 is 0 Å². The van der Waals surface area contributed by atoms with Crippen LogP contribution in [0.4, 0.5) is 18.9 Å². The van der Waals surface area contributed by atoms with Crippen LogP contribution in [0, 0.1) is 6.92 Å². The third-order valence-electron chi connectivity index (χ3n) is 6.80. The van der Waals surface area contributed by atoms with Crippen LogP contribution in [-0.2, 0) is 29.9 Å². The Morgan fingerprint density at radius 2 is 1.70 bits per heavy atom. The van der Waals surface area contributed by atoms with Crippen molar-refractivity contribution in [1.82, 2.24) is 4.57 Å². The number of nitrogens with zero attached hydrogens (tertiary/aromatic N) is 2. The first-order valence-corrected chi connectivity index (χ1v) is 15.4. The minimum Gasteiger partial charge on any atom is -0.492 e. The summed E-state index contributed by atoms with van der Waals surface area (Å²) in [6.07, 6.45) is -3.75. The zero-order valence-electron chi connectivity index (χ0n) is 26.3. The molecular formula is C28H41F3N6O8S. The number of unbranched alkanes of at least 4 members (excludes halogenated alkanes) is 1. The van der Waals surface area contributed by atoms with Gasteiger partial charge in [0.25, 0.3) is 15.6 Å². The van der Waals surface area contributed by atoms with Crippen LogP contribution in [0.25, 0.3) is 0 Å². The van der Waals surface area contributed by atoms with Crippen LogP contribution in [0.3, 0.4) is 0 Å². The number of guanidine groups is 1. The lowest BCUT2D eigenvalue weighted by Crippen LogP contribution is -2.42. The molecule has 14 nitrogen and oxygen atoms in total. The number of sulfonamides is 1. The summed E-state index contributed by atoms with van der Waals surface area (Å²) in [6, 6.07) is 6.51. The molecule has 1 aromatic carbocycles. The van der Waals surface area contributed by atoms with E-state index in [1.165, 1.54) is 19.1 Å². The SMILES string of the molecule is CCCCOc1ccc(C(C)(C)CC)cc1S(=O)(=O)Nc1ccc(C)n(C(C(N)=O)C(C)ON=C(N)N)c1=O.O=C(O)C(F)(F)F. The van der Waals surface area contributed by atoms with E-state index in [9.17, 15) is 31.2 Å². The number of alkyl halides is 3. The van der Waals surface area contributed by atoms with Crippen molar-refractivity contribution in [2.24, 2.45) is 22.4 Å². The highest BCUT2D eigenvalue weighted by atomic mass is 32.2. The summed E-state index contributed by atoms with van der Waals surface area (Å²) in [7, 11) is -4.30. The number of rotatable bonds is 14. The molecule has 0 fully saturated rings. The number of nitrogens with one attached hydrogen (secondary N) is 1. The second kappa shape index (κ2) is 16.2. The van der Waals surface area contributed by atoms with Gasteiger partial charge in [0.05, 0.1) is 6.61 Å². The molecule has 0 aliphatic heterocycles. The monoisotopic (exact) mass is 678 g/mol. The summed E-state index contributed by atoms with van der Waals surface area (Å²) in [5.74, 6) is -3.87. The molecule has 2 aromatic rings. The zero-order valence-corrected chi connectivity index (χ0v) is 27.2. The molecule has 0 saturated heterocycles. The molecule has 1 amide bonds. The number of amides is 1. The van der Waals surface area contributed by atoms with E-state index in [2.05, 4.69) is 9.88 Å². The molecule has 1 heterocycles. The van der Waals surface area contributed by atoms with E-state index in [0.29, 0.717) is 12.3 Å². The quantitative estimate of drug-likeness (QED) is 0.0848. The van der Waals surface area contributed by atoms with Gasteiger partial charge in [-0.05, 0) is 67.1 Å². The molecule has 2 rings (SSSR count). The van der Waals surface area contributed by atoms with E-state index in [1.54, 1.807) is 19.1 Å². The minimum absolute atomic E-state index is 0.0972. The Balaban J connectivity index is 0.00000135. The number of carbonyl (C=O) groups excluding carboxylic acids is 1. The topological polar surface area (TPSA) is 231 Å². The highest BCUT2D eigenvalue weighted by Crippen LogP contribution is 2.34. The number of carboxylic acid groups (broad SMARTS) is 1. The van der Waals surface area contributed by atoms with Crippen LogP contribution in [0.5, 0.6) is 5.75 Å². The largest absolute Gasteiger partial charge is 0.492 e. The number of halogens is 3. The van der Waals surface area contributed by atoms with Crippen LogP contribution >= 0.6 is 0 Å². The van der Waals surface area contributed by atoms with E-state index in [1.807, 2.05) is 33.8 Å². The van der Waals surface area contributed by atoms with Gasteiger partial charge < -0.3 is 31.9 Å². The predicted octanol–water partition coefficient (Wildman–Crippen LogP) is 3.08. The number of anilines is 1. The molecule has 18 heteroatoms. The molecule has 0 bridgehead atoms. The van der Waals surface area contributed by atoms with Crippen LogP contribution in [0.2, 0.25) is 0 Å². The van der Waals surface area contributed by atoms with Gasteiger partial charge in [0.1, 0.15) is 16.3 Å². The number of benzene rings is 1. The van der Waals surface area contributed by atoms with Crippen molar-refractivity contribution in [3.63, 3.8) is 0 Å². The van der Waals surface area contributed by atoms with Gasteiger partial charge >= 0.3 is 12.1 Å². The second-order valence-corrected chi connectivity index (χ2v) is 12.4. The number of nitrogens with two attached hydrogens (primary N) is 3. The average Bonchev–Trinajstić information content (AvgIpc) is 2.95. The van der Waals surface area contributed by atoms with Crippen LogP contribution in [-0.4, -0.2) is 54.8 Å². The lowest BCUT2D eigenvalue weighted by atomic mass is 9.82. The van der Waals surface area contributed by atoms with E-state index in [0.717, 1.165) is 29.4 Å². The van der Waals surface area contributed by atoms with Crippen molar-refractivity contribution < 1.29 is 45.9 Å². The first kappa shape index (κ1) is 39.5. The number of carbonyl (C=O) groups is 2. The maximum absolute atomic E-state index is 13.7. The van der Waals surface area contributed by atoms with Crippen molar-refractivity contribution >= 4 is 33.5 Å². The predicted molar refractivity (Wildman–Crippen MR) is 165 cm³/mol. The number of carboxylic acids is 1. The standard InChI is InChI=1S/C26H40N6O6S.C2HF3O2/c1-7-9-14-37-20-13-11-18(26(5,6)8-2)15-21(20)39(35,36)31-19-12-10-16(3)32(24(19)34)22(23(27)33)17(4)38-30-25(28)29;3-2(4,5)1(6)7/h10-13,15,17,22,31H,7-9,14H2,1-6H3,(H2,27,33)(H4,28,29,30);(H,6,7). The lowest BCUT2D eigenvalue weighted by Gasteiger charge is -2.25. The summed E-state index contributed by atoms with van der Waals surface area (Å²) < 4.78 is 68.3. The highest BCUT2D eigenvalue weighted by molar-refractivity contribution is 7.92. The van der Waals surface area contributed by atoms with Crippen LogP contribution in [0.1, 0.15) is 71.2 Å². The molecule has 0 aliphatic rings. The number of hydrogen-bond donors (Lipinski definition) is 5. The fourth-order valence-electron chi connectivity index (χ4n) is 3.83. The molecule has 258 valence electrons. The summed E-state index contributed by atoms with van der Waals surface area (Å²) in [4.78, 5) is 39.8. The summed E-state index contributed by atoms with van der Waals surface area (Å²) in [5.41, 5.74) is 15.9. The maximum Gasteiger partial charge on any atom is 0.490 e. The van der Waals surface area contributed by atoms with E-state index < -0.39 is 45.8 Å². The Hall–Kier alpha value is -4.48. The van der Waals surface area contributed by atoms with Crippen molar-refractivity contribution in [2.45, 2.75) is 89.4 Å². The normalized spacial score (nSPS) is 13.0. The molecule has 2 atom stereocenters. The number of aromatic nitrogens is 1. The average molecular weight is 679 g/mol. The molecular weight excluding hydrogens is 637 g/mol. The van der Waals surface area contributed by atoms with Gasteiger partial charge in [0.2, 0.25) is 11.9 Å². The zero-order chi connectivity index (χ0) is 35.6. The molecule has 8 N–H and O–H groups in total. The van der Waals surface area contributed by atoms with Crippen molar-refractivity contribution in [2.75, 3.05) is 11.3 Å². The Morgan fingerprint density at radius 3 is 2.17 bits per heavy atom. The van der Waals surface area contributed by atoms with Crippen molar-refractivity contribution in [3.8, 4) is 5.75 Å². The Morgan fingerprint density at radius 1 is 1.11 bits per heavy atom. The van der Waals surface area contributed by atoms with Crippen LogP contribution < -0.4 is 32.2 Å². The fourth-order valence-corrected chi connectivity index (χ4v) is 5.06. The number of oxime groups is 1. The second-order valence-electron chi connectivity index (χ2n) is 10.7. The van der Waals surface area contributed by atoms with Gasteiger partial charge in [-0.2, -0.15) is 13.2 Å². The maximum atomic E-state index is 13.7. The molecule has 0 radical (unpaired) electrons. The summed E-state index contributed by atoms with van der Waals surface area (Å²) in [5, 5.41) is 10.6. The molecule has 0 aliphatic carbocycles. The molecule has 0 spiro atoms. The Kier molecular flexibility index (Phi) is 13.9. The van der Waals surface area contributed by atoms with E-state index in [4.69, 9.17) is 36.7 Å². The van der Waals surface area contributed by atoms with Gasteiger partial charge in [0, 0.05) is 5.69 Å². The number of pyridine rings is 1. The fraction of sp³-hybridized carbons (Fsp3) is 0.500. The molecule has 0 saturated carbocycles. The van der Waals surface area contributed by atoms with Crippen LogP contribution in [0.15, 0.2) is 45.2 Å². The van der Waals surface area contributed by atoms with Gasteiger partial charge in [-0.1, -0.05) is 40.2 Å². The lowest BCUT2D eigenvalue weighted by molar-refractivity contribution is -0.192. The third kappa shape index (κ3) is 10.8. The number of ether oxygens (including phenoxy) is 1. The molecule has 2 unspecified atom stereocenters. The highest BCUT2D eigenvalue weighted by Gasteiger charge is 2.38. The van der Waals surface area contributed by atoms with Gasteiger partial charge in [-0.25, -0.2) is 13.2 Å². The van der Waals surface area contributed by atoms with Crippen molar-refractivity contribution in [1.29, 1.82) is 0 Å². The number of hydrogen-bond acceptors (Lipinski definition) is 8. The van der Waals surface area contributed by atoms with Gasteiger partial charge in [-0.15, -0.1) is 0 Å². The summed E-state index contributed by atoms with van der Waals surface area (Å²) in [6.45, 7) is 11.4. The van der Waals surface area contributed by atoms with Crippen molar-refractivity contribution in [3.05, 3.63) is 51.9 Å². The number of aliphatic carboxylic acids is 1. The molecule has 46 heavy (non-hydrogen) atoms. The Labute approximate surface area is 264 Å². The van der Waals surface area contributed by atoms with Gasteiger partial charge in [-0.3, -0.25) is 18.9 Å². The molecule has 1 aromatic heterocycles. The van der Waals surface area contributed by atoms with Gasteiger partial charge in [0.15, 0.2) is 12.1 Å². The number of aryl methyl sites for hydroxylation is 1. The third-order valence-corrected chi connectivity index (χ3v) is 8.19. The first-order valence-electron chi connectivity index (χ1n) is 14.0. The smallest absolute Gasteiger partial charge is 0.490 e. The van der Waals surface area contributed by atoms with E-state index in [-0.39, 0.29) is 27.7 Å². The number of primary amides is 1. The summed E-state index contributed by atoms with van der Waals surface area (Å²) >= 11 is 0.